The number of carbonyl (C=O) groups excluding carboxylic acids is 1. The number of carbonyl (C=O) groups is 1. The van der Waals surface area contributed by atoms with E-state index in [1.807, 2.05) is 54.6 Å². The van der Waals surface area contributed by atoms with Crippen LogP contribution in [0.5, 0.6) is 17.2 Å². The molecule has 1 aliphatic rings. The number of benzene rings is 3. The summed E-state index contributed by atoms with van der Waals surface area (Å²) in [6.07, 6.45) is 1.81. The average Bonchev–Trinajstić information content (AvgIpc) is 3.30. The summed E-state index contributed by atoms with van der Waals surface area (Å²) in [4.78, 5) is 32.3. The standard InChI is InChI=1S/C32H28Br2N2O6S/c1-5-41-31(38)28-18(2)35-32-36(29(28)21-9-13-25(39-3)26(16-21)40-4)30(37)27(43-32)15-20-8-12-24(23(34)14-20)42-17-19-6-10-22(33)11-7-19/h6-16,29H,5,17H2,1-4H3/b27-15-/t29-/m0/s1. The highest BCUT2D eigenvalue weighted by Crippen LogP contribution is 2.36. The van der Waals surface area contributed by atoms with E-state index in [2.05, 4.69) is 36.9 Å². The molecule has 43 heavy (non-hydrogen) atoms. The van der Waals surface area contributed by atoms with Gasteiger partial charge in [-0.1, -0.05) is 51.5 Å². The van der Waals surface area contributed by atoms with Crippen LogP contribution < -0.4 is 29.1 Å². The normalized spacial score (nSPS) is 14.7. The Kier molecular flexibility index (Phi) is 9.53. The number of ether oxygens (including phenoxy) is 4. The van der Waals surface area contributed by atoms with Crippen molar-refractivity contribution in [1.29, 1.82) is 0 Å². The summed E-state index contributed by atoms with van der Waals surface area (Å²) < 4.78 is 26.1. The molecule has 4 aromatic rings. The Morgan fingerprint density at radius 2 is 1.72 bits per heavy atom. The summed E-state index contributed by atoms with van der Waals surface area (Å²) in [6, 6.07) is 18.1. The van der Waals surface area contributed by atoms with E-state index in [1.165, 1.54) is 18.4 Å². The molecule has 222 valence electrons. The fourth-order valence-electron chi connectivity index (χ4n) is 4.75. The van der Waals surface area contributed by atoms with Gasteiger partial charge in [0.2, 0.25) is 0 Å². The van der Waals surface area contributed by atoms with Gasteiger partial charge in [0.1, 0.15) is 12.4 Å². The number of hydrogen-bond donors (Lipinski definition) is 0. The molecule has 5 rings (SSSR count). The third-order valence-electron chi connectivity index (χ3n) is 6.80. The lowest BCUT2D eigenvalue weighted by Crippen LogP contribution is -2.39. The van der Waals surface area contributed by atoms with Crippen molar-refractivity contribution >= 4 is 55.2 Å². The predicted octanol–water partition coefficient (Wildman–Crippen LogP) is 5.92. The fourth-order valence-corrected chi connectivity index (χ4v) is 6.57. The number of rotatable bonds is 9. The topological polar surface area (TPSA) is 88.4 Å². The summed E-state index contributed by atoms with van der Waals surface area (Å²) in [5.74, 6) is 1.17. The van der Waals surface area contributed by atoms with Crippen molar-refractivity contribution in [3.63, 3.8) is 0 Å². The van der Waals surface area contributed by atoms with E-state index in [-0.39, 0.29) is 12.2 Å². The van der Waals surface area contributed by atoms with Gasteiger partial charge in [-0.2, -0.15) is 0 Å². The highest BCUT2D eigenvalue weighted by atomic mass is 79.9. The molecule has 0 N–H and O–H groups in total. The third-order valence-corrected chi connectivity index (χ3v) is 8.93. The van der Waals surface area contributed by atoms with E-state index in [9.17, 15) is 9.59 Å². The van der Waals surface area contributed by atoms with Gasteiger partial charge in [-0.15, -0.1) is 0 Å². The number of allylic oxidation sites excluding steroid dienone is 1. The van der Waals surface area contributed by atoms with Gasteiger partial charge in [0.05, 0.1) is 47.1 Å². The minimum Gasteiger partial charge on any atom is -0.493 e. The fraction of sp³-hybridized carbons (Fsp3) is 0.219. The molecule has 3 aromatic carbocycles. The number of halogens is 2. The molecule has 1 aromatic heterocycles. The Balaban J connectivity index is 1.54. The molecule has 11 heteroatoms. The van der Waals surface area contributed by atoms with Crippen molar-refractivity contribution in [3.05, 3.63) is 117 Å². The molecule has 1 aliphatic heterocycles. The first-order valence-electron chi connectivity index (χ1n) is 13.3. The number of esters is 1. The van der Waals surface area contributed by atoms with Gasteiger partial charge in [-0.05, 0) is 88.9 Å². The largest absolute Gasteiger partial charge is 0.493 e. The maximum absolute atomic E-state index is 14.0. The molecule has 1 atom stereocenters. The van der Waals surface area contributed by atoms with Crippen LogP contribution in [-0.2, 0) is 16.1 Å². The van der Waals surface area contributed by atoms with E-state index < -0.39 is 12.0 Å². The van der Waals surface area contributed by atoms with Gasteiger partial charge in [0.25, 0.3) is 5.56 Å². The van der Waals surface area contributed by atoms with Gasteiger partial charge in [-0.25, -0.2) is 9.79 Å². The average molecular weight is 728 g/mol. The predicted molar refractivity (Wildman–Crippen MR) is 173 cm³/mol. The van der Waals surface area contributed by atoms with Crippen LogP contribution in [0.1, 0.15) is 36.6 Å². The number of aromatic nitrogens is 1. The first-order chi connectivity index (χ1) is 20.7. The monoisotopic (exact) mass is 726 g/mol. The van der Waals surface area contributed by atoms with E-state index in [4.69, 9.17) is 18.9 Å². The highest BCUT2D eigenvalue weighted by Gasteiger charge is 2.34. The van der Waals surface area contributed by atoms with Crippen molar-refractivity contribution < 1.29 is 23.7 Å². The van der Waals surface area contributed by atoms with Crippen LogP contribution in [0, 0.1) is 0 Å². The second-order valence-electron chi connectivity index (χ2n) is 9.52. The first-order valence-corrected chi connectivity index (χ1v) is 15.7. The van der Waals surface area contributed by atoms with Crippen LogP contribution in [-0.4, -0.2) is 31.4 Å². The van der Waals surface area contributed by atoms with Gasteiger partial charge >= 0.3 is 5.97 Å². The SMILES string of the molecule is CCOC(=O)C1=C(C)N=c2s/c(=C\c3ccc(OCc4ccc(Br)cc4)c(Br)c3)c(=O)n2[C@H]1c1ccc(OC)c(OC)c1. The second kappa shape index (κ2) is 13.3. The van der Waals surface area contributed by atoms with Gasteiger partial charge in [-0.3, -0.25) is 9.36 Å². The summed E-state index contributed by atoms with van der Waals surface area (Å²) in [6.45, 7) is 4.10. The van der Waals surface area contributed by atoms with Crippen LogP contribution >= 0.6 is 43.2 Å². The highest BCUT2D eigenvalue weighted by molar-refractivity contribution is 9.10. The summed E-state index contributed by atoms with van der Waals surface area (Å²) in [5.41, 5.74) is 3.02. The lowest BCUT2D eigenvalue weighted by Gasteiger charge is -2.25. The quantitative estimate of drug-likeness (QED) is 0.199. The number of methoxy groups -OCH3 is 2. The molecule has 0 aliphatic carbocycles. The third kappa shape index (κ3) is 6.48. The number of fused-ring (bicyclic) bond motifs is 1. The Bertz CT molecular complexity index is 1900. The zero-order valence-electron chi connectivity index (χ0n) is 23.9. The van der Waals surface area contributed by atoms with Crippen LogP contribution in [0.3, 0.4) is 0 Å². The second-order valence-corrected chi connectivity index (χ2v) is 12.3. The Labute approximate surface area is 269 Å². The molecule has 0 amide bonds. The van der Waals surface area contributed by atoms with Crippen molar-refractivity contribution in [2.75, 3.05) is 20.8 Å². The van der Waals surface area contributed by atoms with Crippen LogP contribution in [0.2, 0.25) is 0 Å². The first kappa shape index (κ1) is 30.8. The summed E-state index contributed by atoms with van der Waals surface area (Å²) >= 11 is 8.30. The molecular weight excluding hydrogens is 700 g/mol. The summed E-state index contributed by atoms with van der Waals surface area (Å²) in [5, 5.41) is 0. The summed E-state index contributed by atoms with van der Waals surface area (Å²) in [7, 11) is 3.09. The van der Waals surface area contributed by atoms with Crippen molar-refractivity contribution in [3.8, 4) is 17.2 Å². The molecule has 0 spiro atoms. The van der Waals surface area contributed by atoms with E-state index in [0.717, 1.165) is 20.1 Å². The number of nitrogens with zero attached hydrogens (tertiary/aromatic N) is 2. The van der Waals surface area contributed by atoms with Gasteiger partial charge < -0.3 is 18.9 Å². The Morgan fingerprint density at radius 1 is 1.00 bits per heavy atom. The molecule has 0 bridgehead atoms. The Morgan fingerprint density at radius 3 is 2.40 bits per heavy atom. The van der Waals surface area contributed by atoms with Crippen molar-refractivity contribution in [2.45, 2.75) is 26.5 Å². The van der Waals surface area contributed by atoms with E-state index >= 15 is 0 Å². The molecule has 8 nitrogen and oxygen atoms in total. The van der Waals surface area contributed by atoms with Crippen LogP contribution in [0.15, 0.2) is 90.7 Å². The maximum Gasteiger partial charge on any atom is 0.338 e. The molecule has 2 heterocycles. The molecule has 0 radical (unpaired) electrons. The van der Waals surface area contributed by atoms with Crippen LogP contribution in [0.25, 0.3) is 6.08 Å². The van der Waals surface area contributed by atoms with Gasteiger partial charge in [0.15, 0.2) is 16.3 Å². The minimum atomic E-state index is -0.765. The smallest absolute Gasteiger partial charge is 0.338 e. The number of hydrogen-bond acceptors (Lipinski definition) is 8. The lowest BCUT2D eigenvalue weighted by atomic mass is 9.95. The van der Waals surface area contributed by atoms with Gasteiger partial charge in [0, 0.05) is 4.47 Å². The van der Waals surface area contributed by atoms with E-state index in [1.54, 1.807) is 37.7 Å². The minimum absolute atomic E-state index is 0.191. The molecular formula is C32H28Br2N2O6S. The van der Waals surface area contributed by atoms with E-state index in [0.29, 0.717) is 50.0 Å². The lowest BCUT2D eigenvalue weighted by molar-refractivity contribution is -0.139. The molecule has 0 saturated carbocycles. The van der Waals surface area contributed by atoms with Crippen molar-refractivity contribution in [1.82, 2.24) is 4.57 Å². The van der Waals surface area contributed by atoms with Crippen LogP contribution in [0.4, 0.5) is 0 Å². The zero-order valence-corrected chi connectivity index (χ0v) is 27.8. The Hall–Kier alpha value is -3.67. The molecule has 0 saturated heterocycles. The molecule has 0 unspecified atom stereocenters. The van der Waals surface area contributed by atoms with Crippen molar-refractivity contribution in [2.24, 2.45) is 4.99 Å². The maximum atomic E-state index is 14.0. The zero-order chi connectivity index (χ0) is 30.7. The number of thiazole rings is 1. The molecule has 0 fully saturated rings.